The third-order valence-electron chi connectivity index (χ3n) is 3.15. The number of hydrogen-bond donors (Lipinski definition) is 1. The maximum atomic E-state index is 11.7. The fourth-order valence-electron chi connectivity index (χ4n) is 1.22. The second-order valence-corrected chi connectivity index (χ2v) is 4.92. The molecule has 1 atom stereocenters. The maximum Gasteiger partial charge on any atom is 0.254 e. The van der Waals surface area contributed by atoms with Gasteiger partial charge in [0.05, 0.1) is 0 Å². The zero-order chi connectivity index (χ0) is 14.3. The van der Waals surface area contributed by atoms with Crippen molar-refractivity contribution in [2.75, 3.05) is 7.05 Å². The Morgan fingerprint density at radius 2 is 1.89 bits per heavy atom. The summed E-state index contributed by atoms with van der Waals surface area (Å²) in [5, 5.41) is 2.76. The minimum absolute atomic E-state index is 0.160. The van der Waals surface area contributed by atoms with Crippen LogP contribution in [-0.4, -0.2) is 23.9 Å². The molecule has 0 aliphatic heterocycles. The van der Waals surface area contributed by atoms with Crippen molar-refractivity contribution in [1.82, 2.24) is 10.2 Å². The smallest absolute Gasteiger partial charge is 0.254 e. The molecule has 0 heterocycles. The molecule has 0 aromatic rings. The molecule has 0 aliphatic carbocycles. The highest BCUT2D eigenvalue weighted by atomic mass is 16.1. The number of amides is 1. The van der Waals surface area contributed by atoms with E-state index in [-0.39, 0.29) is 5.91 Å². The molecule has 3 nitrogen and oxygen atoms in total. The van der Waals surface area contributed by atoms with E-state index in [4.69, 9.17) is 0 Å². The van der Waals surface area contributed by atoms with E-state index < -0.39 is 0 Å². The molecule has 0 aliphatic rings. The fourth-order valence-corrected chi connectivity index (χ4v) is 1.22. The summed E-state index contributed by atoms with van der Waals surface area (Å²) in [6.45, 7) is 14.0. The molecule has 0 saturated heterocycles. The number of nitrogens with zero attached hydrogens (tertiary/aromatic N) is 1. The lowest BCUT2D eigenvalue weighted by Gasteiger charge is -2.26. The summed E-state index contributed by atoms with van der Waals surface area (Å²) < 4.78 is 0. The molecule has 0 spiro atoms. The number of allylic oxidation sites excluding steroid dienone is 2. The minimum Gasteiger partial charge on any atom is -0.377 e. The van der Waals surface area contributed by atoms with E-state index in [0.29, 0.717) is 17.5 Å². The molecular weight excluding hydrogens is 224 g/mol. The fraction of sp³-hybridized carbons (Fsp3) is 0.533. The number of nitrogens with one attached hydrogen (secondary N) is 1. The van der Waals surface area contributed by atoms with E-state index in [1.54, 1.807) is 6.08 Å². The van der Waals surface area contributed by atoms with Crippen molar-refractivity contribution >= 4 is 5.91 Å². The summed E-state index contributed by atoms with van der Waals surface area (Å²) in [5.74, 6) is 0.402. The van der Waals surface area contributed by atoms with Crippen molar-refractivity contribution in [1.29, 1.82) is 0 Å². The van der Waals surface area contributed by atoms with E-state index >= 15 is 0 Å². The molecule has 102 valence electrons. The van der Waals surface area contributed by atoms with Gasteiger partial charge in [-0.1, -0.05) is 26.5 Å². The Balaban J connectivity index is 4.43. The summed E-state index contributed by atoms with van der Waals surface area (Å²) in [6.07, 6.45) is 5.50. The summed E-state index contributed by atoms with van der Waals surface area (Å²) in [7, 11) is 2.00. The largest absolute Gasteiger partial charge is 0.377 e. The Morgan fingerprint density at radius 3 is 2.33 bits per heavy atom. The monoisotopic (exact) mass is 250 g/mol. The Kier molecular flexibility index (Phi) is 7.10. The first-order valence-electron chi connectivity index (χ1n) is 6.32. The molecule has 18 heavy (non-hydrogen) atoms. The Labute approximate surface area is 111 Å². The average molecular weight is 250 g/mol. The van der Waals surface area contributed by atoms with Crippen LogP contribution in [-0.2, 0) is 4.79 Å². The second-order valence-electron chi connectivity index (χ2n) is 4.92. The molecule has 0 saturated carbocycles. The molecule has 0 fully saturated rings. The first-order valence-corrected chi connectivity index (χ1v) is 6.32. The van der Waals surface area contributed by atoms with Crippen LogP contribution in [0.2, 0.25) is 0 Å². The zero-order valence-electron chi connectivity index (χ0n) is 12.4. The molecule has 0 rings (SSSR count). The Hall–Kier alpha value is -1.51. The Bertz CT molecular complexity index is 354. The molecule has 1 N–H and O–H groups in total. The number of carbonyl (C=O) groups is 1. The van der Waals surface area contributed by atoms with Crippen molar-refractivity contribution in [3.63, 3.8) is 0 Å². The van der Waals surface area contributed by atoms with Gasteiger partial charge in [0.1, 0.15) is 0 Å². The van der Waals surface area contributed by atoms with Crippen molar-refractivity contribution in [3.8, 4) is 0 Å². The van der Waals surface area contributed by atoms with Crippen LogP contribution in [0.3, 0.4) is 0 Å². The molecular formula is C15H26N2O. The first kappa shape index (κ1) is 16.5. The van der Waals surface area contributed by atoms with Gasteiger partial charge in [0, 0.05) is 24.4 Å². The lowest BCUT2D eigenvalue weighted by Crippen LogP contribution is -2.29. The van der Waals surface area contributed by atoms with E-state index in [1.165, 1.54) is 0 Å². The topological polar surface area (TPSA) is 32.3 Å². The standard InChI is InChI=1S/C15H26N2O/c1-8-13(5)16-15(18)12(4)9-10-17(7)14(6)11(2)3/h8-11,14H,4H2,1-3,5-7H3,(H,16,18)/b10-9-,13-8+/t14-/m0/s1. The molecule has 0 aromatic carbocycles. The van der Waals surface area contributed by atoms with Gasteiger partial charge in [0.15, 0.2) is 0 Å². The van der Waals surface area contributed by atoms with Crippen LogP contribution in [0.4, 0.5) is 0 Å². The van der Waals surface area contributed by atoms with E-state index in [9.17, 15) is 4.79 Å². The summed E-state index contributed by atoms with van der Waals surface area (Å²) in [4.78, 5) is 13.8. The third-order valence-corrected chi connectivity index (χ3v) is 3.15. The Morgan fingerprint density at radius 1 is 1.33 bits per heavy atom. The lowest BCUT2D eigenvalue weighted by atomic mass is 10.1. The summed E-state index contributed by atoms with van der Waals surface area (Å²) >= 11 is 0. The minimum atomic E-state index is -0.160. The van der Waals surface area contributed by atoms with Crippen molar-refractivity contribution in [2.45, 2.75) is 40.7 Å². The average Bonchev–Trinajstić information content (AvgIpc) is 2.33. The summed E-state index contributed by atoms with van der Waals surface area (Å²) in [6, 6.07) is 0.425. The number of hydrogen-bond acceptors (Lipinski definition) is 2. The van der Waals surface area contributed by atoms with Gasteiger partial charge in [-0.2, -0.15) is 0 Å². The van der Waals surface area contributed by atoms with Crippen LogP contribution >= 0.6 is 0 Å². The zero-order valence-corrected chi connectivity index (χ0v) is 12.4. The maximum absolute atomic E-state index is 11.7. The van der Waals surface area contributed by atoms with Gasteiger partial charge in [-0.3, -0.25) is 4.79 Å². The van der Waals surface area contributed by atoms with Crippen LogP contribution in [0.1, 0.15) is 34.6 Å². The van der Waals surface area contributed by atoms with Crippen LogP contribution in [0, 0.1) is 5.92 Å². The molecule has 0 aromatic heterocycles. The molecule has 0 radical (unpaired) electrons. The second kappa shape index (κ2) is 7.75. The highest BCUT2D eigenvalue weighted by molar-refractivity contribution is 5.96. The predicted molar refractivity (Wildman–Crippen MR) is 77.9 cm³/mol. The SMILES string of the molecule is C=C(/C=C\N(C)[C@@H](C)C(C)C)C(=O)N/C(C)=C/C. The van der Waals surface area contributed by atoms with E-state index in [1.807, 2.05) is 33.2 Å². The van der Waals surface area contributed by atoms with Crippen LogP contribution in [0.25, 0.3) is 0 Å². The molecule has 1 amide bonds. The van der Waals surface area contributed by atoms with Crippen molar-refractivity contribution in [2.24, 2.45) is 5.92 Å². The van der Waals surface area contributed by atoms with E-state index in [0.717, 1.165) is 5.70 Å². The predicted octanol–water partition coefficient (Wildman–Crippen LogP) is 3.07. The highest BCUT2D eigenvalue weighted by Crippen LogP contribution is 2.09. The van der Waals surface area contributed by atoms with E-state index in [2.05, 4.69) is 37.6 Å². The lowest BCUT2D eigenvalue weighted by molar-refractivity contribution is -0.116. The first-order chi connectivity index (χ1) is 8.29. The molecule has 0 bridgehead atoms. The van der Waals surface area contributed by atoms with Gasteiger partial charge in [0.25, 0.3) is 5.91 Å². The normalized spacial score (nSPS) is 13.8. The van der Waals surface area contributed by atoms with Crippen LogP contribution < -0.4 is 5.32 Å². The third kappa shape index (κ3) is 5.71. The van der Waals surface area contributed by atoms with Crippen molar-refractivity contribution < 1.29 is 4.79 Å². The molecule has 0 unspecified atom stereocenters. The highest BCUT2D eigenvalue weighted by Gasteiger charge is 2.10. The summed E-state index contributed by atoms with van der Waals surface area (Å²) in [5.41, 5.74) is 1.29. The van der Waals surface area contributed by atoms with Crippen LogP contribution in [0.15, 0.2) is 36.2 Å². The van der Waals surface area contributed by atoms with Crippen LogP contribution in [0.5, 0.6) is 0 Å². The van der Waals surface area contributed by atoms with Gasteiger partial charge in [-0.05, 0) is 39.0 Å². The number of carbonyl (C=O) groups excluding carboxylic acids is 1. The molecule has 3 heteroatoms. The van der Waals surface area contributed by atoms with Gasteiger partial charge < -0.3 is 10.2 Å². The van der Waals surface area contributed by atoms with Crippen molar-refractivity contribution in [3.05, 3.63) is 36.2 Å². The van der Waals surface area contributed by atoms with Gasteiger partial charge in [-0.15, -0.1) is 0 Å². The van der Waals surface area contributed by atoms with Gasteiger partial charge >= 0.3 is 0 Å². The van der Waals surface area contributed by atoms with Gasteiger partial charge in [-0.25, -0.2) is 0 Å². The quantitative estimate of drug-likeness (QED) is 0.580. The van der Waals surface area contributed by atoms with Gasteiger partial charge in [0.2, 0.25) is 0 Å². The number of rotatable bonds is 6.